The van der Waals surface area contributed by atoms with Crippen LogP contribution < -0.4 is 20.9 Å². The van der Waals surface area contributed by atoms with E-state index in [0.29, 0.717) is 22.7 Å². The topological polar surface area (TPSA) is 126 Å². The molecule has 4 heterocycles. The number of fused-ring (bicyclic) bond motifs is 2. The van der Waals surface area contributed by atoms with Crippen LogP contribution in [-0.2, 0) is 11.8 Å². The van der Waals surface area contributed by atoms with Crippen molar-refractivity contribution in [2.45, 2.75) is 50.2 Å². The number of pyridine rings is 1. The zero-order chi connectivity index (χ0) is 26.1. The van der Waals surface area contributed by atoms with Crippen molar-refractivity contribution < 1.29 is 13.5 Å². The Balaban J connectivity index is 1.15. The molecule has 11 heteroatoms. The molecule has 2 fully saturated rings. The zero-order valence-corrected chi connectivity index (χ0v) is 20.6. The molecule has 1 spiro atoms. The molecule has 1 saturated carbocycles. The highest BCUT2D eigenvalue weighted by molar-refractivity contribution is 5.80. The summed E-state index contributed by atoms with van der Waals surface area (Å²) in [6, 6.07) is 11.7. The number of hydrogen-bond acceptors (Lipinski definition) is 7. The highest BCUT2D eigenvalue weighted by Crippen LogP contribution is 2.54. The first-order valence-corrected chi connectivity index (χ1v) is 12.9. The van der Waals surface area contributed by atoms with E-state index in [1.165, 1.54) is 23.4 Å². The fourth-order valence-electron chi connectivity index (χ4n) is 6.54. The number of nitrogens with zero attached hydrogens (tertiary/aromatic N) is 4. The lowest BCUT2D eigenvalue weighted by atomic mass is 9.73. The molecule has 1 saturated heterocycles. The number of hydrogen-bond donors (Lipinski definition) is 3. The first kappa shape index (κ1) is 23.3. The largest absolute Gasteiger partial charge is 0.417 e. The second-order valence-electron chi connectivity index (χ2n) is 10.7. The van der Waals surface area contributed by atoms with Gasteiger partial charge in [-0.2, -0.15) is 18.9 Å². The predicted octanol–water partition coefficient (Wildman–Crippen LogP) is 3.57. The summed E-state index contributed by atoms with van der Waals surface area (Å²) < 4.78 is 29.9. The molecule has 0 bridgehead atoms. The van der Waals surface area contributed by atoms with Crippen LogP contribution in [0, 0.1) is 5.41 Å². The lowest BCUT2D eigenvalue weighted by molar-refractivity contribution is -0.0529. The molecule has 0 unspecified atom stereocenters. The number of alkyl halides is 2. The number of aromatic amines is 2. The molecule has 4 aromatic rings. The molecule has 196 valence electrons. The van der Waals surface area contributed by atoms with E-state index < -0.39 is 12.0 Å². The van der Waals surface area contributed by atoms with Crippen molar-refractivity contribution in [1.29, 1.82) is 0 Å². The van der Waals surface area contributed by atoms with E-state index in [-0.39, 0.29) is 22.9 Å². The summed E-state index contributed by atoms with van der Waals surface area (Å²) in [6.07, 6.45) is 5.68. The number of nitrogens with two attached hydrogens (primary N) is 1. The van der Waals surface area contributed by atoms with Gasteiger partial charge < -0.3 is 15.4 Å². The van der Waals surface area contributed by atoms with E-state index >= 15 is 0 Å². The Morgan fingerprint density at radius 1 is 1.13 bits per heavy atom. The van der Waals surface area contributed by atoms with Crippen molar-refractivity contribution in [1.82, 2.24) is 25.1 Å². The van der Waals surface area contributed by atoms with Crippen LogP contribution in [0.3, 0.4) is 0 Å². The van der Waals surface area contributed by atoms with Crippen LogP contribution in [0.15, 0.2) is 47.4 Å². The van der Waals surface area contributed by atoms with Gasteiger partial charge in [0.05, 0.1) is 5.69 Å². The van der Waals surface area contributed by atoms with Crippen molar-refractivity contribution in [3.8, 4) is 5.88 Å². The molecule has 1 atom stereocenters. The van der Waals surface area contributed by atoms with Gasteiger partial charge in [-0.3, -0.25) is 14.9 Å². The van der Waals surface area contributed by atoms with Crippen LogP contribution in [0.2, 0.25) is 0 Å². The van der Waals surface area contributed by atoms with Crippen molar-refractivity contribution in [3.05, 3.63) is 75.3 Å². The van der Waals surface area contributed by atoms with Crippen molar-refractivity contribution in [2.24, 2.45) is 11.1 Å². The predicted molar refractivity (Wildman–Crippen MR) is 136 cm³/mol. The number of benzene rings is 1. The summed E-state index contributed by atoms with van der Waals surface area (Å²) in [5.74, 6) is 0.351. The molecular formula is C27H27F2N7O2. The molecule has 3 aliphatic rings. The normalized spacial score (nSPS) is 21.3. The average molecular weight is 520 g/mol. The van der Waals surface area contributed by atoms with Crippen molar-refractivity contribution >= 4 is 17.0 Å². The van der Waals surface area contributed by atoms with Crippen LogP contribution in [0.5, 0.6) is 5.88 Å². The second kappa shape index (κ2) is 8.32. The fourth-order valence-corrected chi connectivity index (χ4v) is 6.54. The van der Waals surface area contributed by atoms with Crippen LogP contribution >= 0.6 is 0 Å². The summed E-state index contributed by atoms with van der Waals surface area (Å²) in [4.78, 5) is 27.0. The van der Waals surface area contributed by atoms with E-state index in [1.54, 1.807) is 6.07 Å². The minimum Gasteiger partial charge on any atom is -0.417 e. The molecule has 1 aliphatic heterocycles. The second-order valence-corrected chi connectivity index (χ2v) is 10.7. The smallest absolute Gasteiger partial charge is 0.388 e. The summed E-state index contributed by atoms with van der Waals surface area (Å²) >= 11 is 0. The van der Waals surface area contributed by atoms with E-state index in [9.17, 15) is 13.6 Å². The lowest BCUT2D eigenvalue weighted by Crippen LogP contribution is -2.45. The highest BCUT2D eigenvalue weighted by atomic mass is 19.3. The third-order valence-corrected chi connectivity index (χ3v) is 8.77. The third-order valence-electron chi connectivity index (χ3n) is 8.77. The summed E-state index contributed by atoms with van der Waals surface area (Å²) in [7, 11) is 0. The first-order valence-electron chi connectivity index (χ1n) is 12.9. The summed E-state index contributed by atoms with van der Waals surface area (Å²) in [5.41, 5.74) is 10.2. The van der Waals surface area contributed by atoms with Gasteiger partial charge in [0.1, 0.15) is 5.39 Å². The Morgan fingerprint density at radius 2 is 1.92 bits per heavy atom. The SMILES string of the molecule is N[C@@H]1c2ccccc2CC12CCN(c1nc3[nH]nc(C4(c5ccnc(OC(F)F)c5)CC4)c3c(=O)[nH]1)CC2. The number of anilines is 1. The fraction of sp³-hybridized carbons (Fsp3) is 0.407. The monoisotopic (exact) mass is 519 g/mol. The minimum atomic E-state index is -2.96. The minimum absolute atomic E-state index is 0.0139. The van der Waals surface area contributed by atoms with Gasteiger partial charge in [-0.05, 0) is 60.3 Å². The number of nitrogens with one attached hydrogen (secondary N) is 2. The van der Waals surface area contributed by atoms with Gasteiger partial charge in [-0.15, -0.1) is 0 Å². The van der Waals surface area contributed by atoms with Gasteiger partial charge >= 0.3 is 6.61 Å². The van der Waals surface area contributed by atoms with Crippen molar-refractivity contribution in [2.75, 3.05) is 18.0 Å². The van der Waals surface area contributed by atoms with Gasteiger partial charge in [0.15, 0.2) is 5.65 Å². The third kappa shape index (κ3) is 3.52. The average Bonchev–Trinajstić information content (AvgIpc) is 3.53. The number of piperidine rings is 1. The molecule has 3 aromatic heterocycles. The van der Waals surface area contributed by atoms with Crippen LogP contribution in [-0.4, -0.2) is 44.9 Å². The molecule has 2 aliphatic carbocycles. The first-order chi connectivity index (χ1) is 18.4. The van der Waals surface area contributed by atoms with Gasteiger partial charge in [0.2, 0.25) is 11.8 Å². The van der Waals surface area contributed by atoms with Gasteiger partial charge in [-0.25, -0.2) is 4.98 Å². The number of aromatic nitrogens is 5. The highest BCUT2D eigenvalue weighted by Gasteiger charge is 2.50. The Hall–Kier alpha value is -3.86. The number of halogens is 2. The van der Waals surface area contributed by atoms with Crippen LogP contribution in [0.4, 0.5) is 14.7 Å². The zero-order valence-electron chi connectivity index (χ0n) is 20.6. The molecule has 38 heavy (non-hydrogen) atoms. The van der Waals surface area contributed by atoms with Gasteiger partial charge in [-0.1, -0.05) is 24.3 Å². The van der Waals surface area contributed by atoms with E-state index in [1.807, 2.05) is 6.07 Å². The number of rotatable bonds is 5. The maximum atomic E-state index is 13.4. The van der Waals surface area contributed by atoms with E-state index in [2.05, 4.69) is 48.0 Å². The maximum absolute atomic E-state index is 13.4. The quantitative estimate of drug-likeness (QED) is 0.368. The Labute approximate surface area is 216 Å². The summed E-state index contributed by atoms with van der Waals surface area (Å²) in [5, 5.41) is 7.82. The standard InChI is InChI=1S/C27H27F2N7O2/c28-24(29)38-18-13-16(5-10-31-18)27(6-7-27)21-19-22(35-34-21)32-25(33-23(19)37)36-11-8-26(9-12-36)14-15-3-1-2-4-17(15)20(26)30/h1-5,10,13,20,24H,6-9,11-12,14,30H2,(H2,32,33,34,35,37)/t20-/m1/s1. The van der Waals surface area contributed by atoms with Gasteiger partial charge in [0, 0.05) is 36.8 Å². The lowest BCUT2D eigenvalue weighted by Gasteiger charge is -2.42. The Morgan fingerprint density at radius 3 is 2.66 bits per heavy atom. The maximum Gasteiger partial charge on any atom is 0.388 e. The Kier molecular flexibility index (Phi) is 5.10. The van der Waals surface area contributed by atoms with Crippen molar-refractivity contribution in [3.63, 3.8) is 0 Å². The number of H-pyrrole nitrogens is 2. The molecule has 0 amide bonds. The molecule has 7 rings (SSSR count). The van der Waals surface area contributed by atoms with E-state index in [4.69, 9.17) is 10.7 Å². The van der Waals surface area contributed by atoms with Crippen LogP contribution in [0.25, 0.3) is 11.0 Å². The Bertz CT molecular complexity index is 1590. The molecular weight excluding hydrogens is 492 g/mol. The summed E-state index contributed by atoms with van der Waals surface area (Å²) in [6.45, 7) is -1.48. The van der Waals surface area contributed by atoms with Crippen LogP contribution in [0.1, 0.15) is 54.1 Å². The molecule has 1 aromatic carbocycles. The van der Waals surface area contributed by atoms with E-state index in [0.717, 1.165) is 50.8 Å². The molecule has 4 N–H and O–H groups in total. The molecule has 9 nitrogen and oxygen atoms in total. The number of ether oxygens (including phenoxy) is 1. The van der Waals surface area contributed by atoms with Gasteiger partial charge in [0.25, 0.3) is 5.56 Å². The molecule has 0 radical (unpaired) electrons.